The molecule has 1 fully saturated rings. The molecule has 0 aromatic heterocycles. The molecule has 2 atom stereocenters. The summed E-state index contributed by atoms with van der Waals surface area (Å²) in [6.45, 7) is 10.1. The number of hydrogen-bond donors (Lipinski definition) is 1. The Balaban J connectivity index is 2.55. The number of hydrogen-bond acceptors (Lipinski definition) is 2. The van der Waals surface area contributed by atoms with Gasteiger partial charge in [0, 0.05) is 18.6 Å². The fourth-order valence-corrected chi connectivity index (χ4v) is 1.92. The summed E-state index contributed by atoms with van der Waals surface area (Å²) in [6, 6.07) is 0. The van der Waals surface area contributed by atoms with Crippen LogP contribution in [0.2, 0.25) is 0 Å². The zero-order valence-electron chi connectivity index (χ0n) is 8.64. The first-order chi connectivity index (χ1) is 5.62. The van der Waals surface area contributed by atoms with Gasteiger partial charge in [-0.1, -0.05) is 13.8 Å². The van der Waals surface area contributed by atoms with Crippen LogP contribution in [0.1, 0.15) is 33.6 Å². The summed E-state index contributed by atoms with van der Waals surface area (Å²) < 4.78 is 0. The van der Waals surface area contributed by atoms with Crippen LogP contribution in [0.5, 0.6) is 0 Å². The van der Waals surface area contributed by atoms with Crippen LogP contribution in [-0.2, 0) is 0 Å². The van der Waals surface area contributed by atoms with Crippen molar-refractivity contribution in [2.75, 3.05) is 19.6 Å². The molecule has 0 spiro atoms. The van der Waals surface area contributed by atoms with Crippen LogP contribution in [-0.4, -0.2) is 30.1 Å². The van der Waals surface area contributed by atoms with Crippen molar-refractivity contribution >= 4 is 0 Å². The van der Waals surface area contributed by atoms with Crippen LogP contribution in [0, 0.1) is 5.92 Å². The molecule has 2 unspecified atom stereocenters. The third-order valence-electron chi connectivity index (χ3n) is 3.39. The van der Waals surface area contributed by atoms with Crippen molar-refractivity contribution in [3.63, 3.8) is 0 Å². The van der Waals surface area contributed by atoms with E-state index in [-0.39, 0.29) is 5.54 Å². The van der Waals surface area contributed by atoms with E-state index in [4.69, 9.17) is 5.73 Å². The lowest BCUT2D eigenvalue weighted by molar-refractivity contribution is 0.134. The molecule has 2 N–H and O–H groups in total. The average molecular weight is 170 g/mol. The Bertz CT molecular complexity index is 141. The third kappa shape index (κ3) is 1.80. The van der Waals surface area contributed by atoms with E-state index in [1.54, 1.807) is 0 Å². The molecule has 2 nitrogen and oxygen atoms in total. The van der Waals surface area contributed by atoms with E-state index < -0.39 is 0 Å². The largest absolute Gasteiger partial charge is 0.329 e. The lowest BCUT2D eigenvalue weighted by Crippen LogP contribution is -2.50. The maximum Gasteiger partial charge on any atom is 0.0301 e. The molecule has 0 amide bonds. The van der Waals surface area contributed by atoms with Crippen molar-refractivity contribution in [1.82, 2.24) is 4.90 Å². The first kappa shape index (κ1) is 10.0. The Morgan fingerprint density at radius 1 is 1.58 bits per heavy atom. The number of nitrogens with two attached hydrogens (primary N) is 1. The second-order valence-corrected chi connectivity index (χ2v) is 4.39. The molecule has 1 saturated heterocycles. The molecule has 0 aliphatic carbocycles. The van der Waals surface area contributed by atoms with E-state index in [0.29, 0.717) is 0 Å². The van der Waals surface area contributed by atoms with E-state index in [1.807, 2.05) is 0 Å². The molecule has 1 aliphatic rings. The van der Waals surface area contributed by atoms with E-state index in [0.717, 1.165) is 18.9 Å². The predicted octanol–water partition coefficient (Wildman–Crippen LogP) is 1.46. The van der Waals surface area contributed by atoms with Gasteiger partial charge in [0.05, 0.1) is 0 Å². The minimum atomic E-state index is 0.255. The molecule has 0 aromatic rings. The van der Waals surface area contributed by atoms with Crippen molar-refractivity contribution < 1.29 is 0 Å². The molecular weight excluding hydrogens is 148 g/mol. The standard InChI is InChI=1S/C10H22N2/c1-4-10(3,8-11)12-6-5-9(2)7-12/h9H,4-8,11H2,1-3H3. The molecule has 72 valence electrons. The van der Waals surface area contributed by atoms with Gasteiger partial charge in [0.25, 0.3) is 0 Å². The minimum absolute atomic E-state index is 0.255. The number of rotatable bonds is 3. The van der Waals surface area contributed by atoms with Gasteiger partial charge in [0.2, 0.25) is 0 Å². The molecule has 0 bridgehead atoms. The Morgan fingerprint density at radius 3 is 2.58 bits per heavy atom. The molecule has 12 heavy (non-hydrogen) atoms. The van der Waals surface area contributed by atoms with Crippen molar-refractivity contribution in [1.29, 1.82) is 0 Å². The highest BCUT2D eigenvalue weighted by atomic mass is 15.2. The third-order valence-corrected chi connectivity index (χ3v) is 3.39. The minimum Gasteiger partial charge on any atom is -0.329 e. The second-order valence-electron chi connectivity index (χ2n) is 4.39. The monoisotopic (exact) mass is 170 g/mol. The smallest absolute Gasteiger partial charge is 0.0301 e. The quantitative estimate of drug-likeness (QED) is 0.694. The Morgan fingerprint density at radius 2 is 2.25 bits per heavy atom. The predicted molar refractivity (Wildman–Crippen MR) is 53.1 cm³/mol. The summed E-state index contributed by atoms with van der Waals surface area (Å²) in [6.07, 6.45) is 2.51. The molecule has 1 aliphatic heterocycles. The van der Waals surface area contributed by atoms with Crippen molar-refractivity contribution in [2.24, 2.45) is 11.7 Å². The highest BCUT2D eigenvalue weighted by molar-refractivity contribution is 4.90. The zero-order chi connectivity index (χ0) is 9.19. The second kappa shape index (κ2) is 3.75. The van der Waals surface area contributed by atoms with Gasteiger partial charge in [-0.3, -0.25) is 4.90 Å². The van der Waals surface area contributed by atoms with E-state index in [9.17, 15) is 0 Å². The van der Waals surface area contributed by atoms with Crippen LogP contribution in [0.15, 0.2) is 0 Å². The lowest BCUT2D eigenvalue weighted by Gasteiger charge is -2.37. The fourth-order valence-electron chi connectivity index (χ4n) is 1.92. The van der Waals surface area contributed by atoms with Gasteiger partial charge < -0.3 is 5.73 Å². The summed E-state index contributed by atoms with van der Waals surface area (Å²) in [5, 5.41) is 0. The van der Waals surface area contributed by atoms with Gasteiger partial charge in [0.1, 0.15) is 0 Å². The molecular formula is C10H22N2. The molecule has 0 aromatic carbocycles. The van der Waals surface area contributed by atoms with Crippen LogP contribution < -0.4 is 5.73 Å². The topological polar surface area (TPSA) is 29.3 Å². The van der Waals surface area contributed by atoms with Crippen molar-refractivity contribution in [2.45, 2.75) is 39.2 Å². The summed E-state index contributed by atoms with van der Waals surface area (Å²) in [5.74, 6) is 0.863. The van der Waals surface area contributed by atoms with Crippen LogP contribution >= 0.6 is 0 Å². The maximum absolute atomic E-state index is 5.80. The van der Waals surface area contributed by atoms with Crippen LogP contribution in [0.3, 0.4) is 0 Å². The fraction of sp³-hybridized carbons (Fsp3) is 1.00. The van der Waals surface area contributed by atoms with E-state index in [1.165, 1.54) is 19.5 Å². The molecule has 0 saturated carbocycles. The van der Waals surface area contributed by atoms with Crippen molar-refractivity contribution in [3.8, 4) is 0 Å². The lowest BCUT2D eigenvalue weighted by atomic mass is 9.97. The normalized spacial score (nSPS) is 30.5. The van der Waals surface area contributed by atoms with E-state index in [2.05, 4.69) is 25.7 Å². The first-order valence-corrected chi connectivity index (χ1v) is 5.07. The highest BCUT2D eigenvalue weighted by Gasteiger charge is 2.32. The number of likely N-dealkylation sites (tertiary alicyclic amines) is 1. The van der Waals surface area contributed by atoms with Gasteiger partial charge in [-0.15, -0.1) is 0 Å². The summed E-state index contributed by atoms with van der Waals surface area (Å²) in [7, 11) is 0. The zero-order valence-corrected chi connectivity index (χ0v) is 8.64. The van der Waals surface area contributed by atoms with Gasteiger partial charge in [-0.05, 0) is 32.2 Å². The van der Waals surface area contributed by atoms with Crippen LogP contribution in [0.4, 0.5) is 0 Å². The molecule has 0 radical (unpaired) electrons. The molecule has 1 heterocycles. The van der Waals surface area contributed by atoms with Crippen LogP contribution in [0.25, 0.3) is 0 Å². The van der Waals surface area contributed by atoms with Gasteiger partial charge in [-0.2, -0.15) is 0 Å². The summed E-state index contributed by atoms with van der Waals surface area (Å²) in [5.41, 5.74) is 6.06. The molecule has 2 heteroatoms. The Kier molecular flexibility index (Phi) is 3.13. The summed E-state index contributed by atoms with van der Waals surface area (Å²) in [4.78, 5) is 2.55. The SMILES string of the molecule is CCC(C)(CN)N1CCC(C)C1. The average Bonchev–Trinajstić information content (AvgIpc) is 2.51. The first-order valence-electron chi connectivity index (χ1n) is 5.07. The maximum atomic E-state index is 5.80. The number of nitrogens with zero attached hydrogens (tertiary/aromatic N) is 1. The van der Waals surface area contributed by atoms with Gasteiger partial charge >= 0.3 is 0 Å². The van der Waals surface area contributed by atoms with Crippen molar-refractivity contribution in [3.05, 3.63) is 0 Å². The van der Waals surface area contributed by atoms with Gasteiger partial charge in [-0.25, -0.2) is 0 Å². The summed E-state index contributed by atoms with van der Waals surface area (Å²) >= 11 is 0. The highest BCUT2D eigenvalue weighted by Crippen LogP contribution is 2.26. The Labute approximate surface area is 76.1 Å². The van der Waals surface area contributed by atoms with Gasteiger partial charge in [0.15, 0.2) is 0 Å². The Hall–Kier alpha value is -0.0800. The van der Waals surface area contributed by atoms with E-state index >= 15 is 0 Å². The molecule has 1 rings (SSSR count).